The fourth-order valence-corrected chi connectivity index (χ4v) is 3.95. The molecule has 0 amide bonds. The first kappa shape index (κ1) is 19.2. The van der Waals surface area contributed by atoms with E-state index in [0.717, 1.165) is 35.6 Å². The van der Waals surface area contributed by atoms with E-state index >= 15 is 0 Å². The molecule has 1 aliphatic heterocycles. The van der Waals surface area contributed by atoms with Gasteiger partial charge >= 0.3 is 0 Å². The van der Waals surface area contributed by atoms with Crippen LogP contribution >= 0.6 is 0 Å². The Hall–Kier alpha value is -3.74. The lowest BCUT2D eigenvalue weighted by Gasteiger charge is -2.37. The Morgan fingerprint density at radius 1 is 0.839 bits per heavy atom. The number of rotatable bonds is 4. The molecule has 0 saturated carbocycles. The SMILES string of the molecule is Cc1ccccc1-c1noc(-c2cccnc2N2CCN(c3ccccc3F)CC2)n1. The molecule has 0 atom stereocenters. The molecule has 1 aliphatic rings. The van der Waals surface area contributed by atoms with Crippen LogP contribution in [0.25, 0.3) is 22.8 Å². The second-order valence-corrected chi connectivity index (χ2v) is 7.54. The van der Waals surface area contributed by atoms with E-state index in [-0.39, 0.29) is 5.82 Å². The Morgan fingerprint density at radius 3 is 2.35 bits per heavy atom. The average molecular weight is 415 g/mol. The molecule has 1 saturated heterocycles. The van der Waals surface area contributed by atoms with Gasteiger partial charge in [-0.3, -0.25) is 0 Å². The van der Waals surface area contributed by atoms with Crippen molar-refractivity contribution in [1.82, 2.24) is 15.1 Å². The normalized spacial score (nSPS) is 14.1. The van der Waals surface area contributed by atoms with Gasteiger partial charge in [0.25, 0.3) is 5.89 Å². The van der Waals surface area contributed by atoms with Crippen molar-refractivity contribution in [2.75, 3.05) is 36.0 Å². The Morgan fingerprint density at radius 2 is 1.55 bits per heavy atom. The van der Waals surface area contributed by atoms with Crippen LogP contribution in [-0.4, -0.2) is 41.3 Å². The van der Waals surface area contributed by atoms with Crippen molar-refractivity contribution >= 4 is 11.5 Å². The van der Waals surface area contributed by atoms with Crippen LogP contribution in [0, 0.1) is 12.7 Å². The van der Waals surface area contributed by atoms with E-state index in [1.165, 1.54) is 6.07 Å². The lowest BCUT2D eigenvalue weighted by atomic mass is 10.1. The van der Waals surface area contributed by atoms with E-state index in [1.54, 1.807) is 12.3 Å². The third kappa shape index (κ3) is 3.74. The summed E-state index contributed by atoms with van der Waals surface area (Å²) >= 11 is 0. The van der Waals surface area contributed by atoms with Gasteiger partial charge < -0.3 is 14.3 Å². The first-order valence-corrected chi connectivity index (χ1v) is 10.3. The molecule has 0 unspecified atom stereocenters. The fourth-order valence-electron chi connectivity index (χ4n) is 3.95. The smallest absolute Gasteiger partial charge is 0.261 e. The molecule has 0 radical (unpaired) electrons. The third-order valence-electron chi connectivity index (χ3n) is 5.60. The molecule has 156 valence electrons. The van der Waals surface area contributed by atoms with E-state index in [0.29, 0.717) is 30.5 Å². The molecule has 0 spiro atoms. The van der Waals surface area contributed by atoms with Crippen molar-refractivity contribution in [2.45, 2.75) is 6.92 Å². The topological polar surface area (TPSA) is 58.3 Å². The molecule has 7 heteroatoms. The van der Waals surface area contributed by atoms with Gasteiger partial charge in [-0.2, -0.15) is 4.98 Å². The van der Waals surface area contributed by atoms with E-state index < -0.39 is 0 Å². The Kier molecular flexibility index (Phi) is 5.08. The summed E-state index contributed by atoms with van der Waals surface area (Å²) in [5, 5.41) is 4.19. The predicted octanol–water partition coefficient (Wildman–Crippen LogP) is 4.57. The monoisotopic (exact) mass is 415 g/mol. The van der Waals surface area contributed by atoms with Gasteiger partial charge in [0.2, 0.25) is 5.82 Å². The number of aryl methyl sites for hydroxylation is 1. The predicted molar refractivity (Wildman–Crippen MR) is 119 cm³/mol. The standard InChI is InChI=1S/C24H22FN5O/c1-17-7-2-3-8-18(17)22-27-24(31-28-22)19-9-6-12-26-23(19)30-15-13-29(14-16-30)21-11-5-4-10-20(21)25/h2-12H,13-16H2,1H3. The highest BCUT2D eigenvalue weighted by atomic mass is 19.1. The van der Waals surface area contributed by atoms with Crippen LogP contribution in [0.4, 0.5) is 15.9 Å². The molecule has 6 nitrogen and oxygen atoms in total. The maximum absolute atomic E-state index is 14.2. The van der Waals surface area contributed by atoms with Crippen LogP contribution in [0.15, 0.2) is 71.4 Å². The molecule has 2 aromatic heterocycles. The maximum Gasteiger partial charge on any atom is 0.261 e. The Labute approximate surface area is 180 Å². The maximum atomic E-state index is 14.2. The molecule has 5 rings (SSSR count). The van der Waals surface area contributed by atoms with Crippen molar-refractivity contribution in [3.63, 3.8) is 0 Å². The van der Waals surface area contributed by atoms with Gasteiger partial charge in [-0.25, -0.2) is 9.37 Å². The van der Waals surface area contributed by atoms with E-state index in [4.69, 9.17) is 4.52 Å². The summed E-state index contributed by atoms with van der Waals surface area (Å²) in [4.78, 5) is 13.5. The number of aromatic nitrogens is 3. The van der Waals surface area contributed by atoms with Crippen molar-refractivity contribution in [1.29, 1.82) is 0 Å². The summed E-state index contributed by atoms with van der Waals surface area (Å²) in [5.41, 5.74) is 3.48. The van der Waals surface area contributed by atoms with E-state index in [1.807, 2.05) is 55.5 Å². The average Bonchev–Trinajstić information content (AvgIpc) is 3.30. The number of hydrogen-bond donors (Lipinski definition) is 0. The van der Waals surface area contributed by atoms with Crippen molar-refractivity contribution < 1.29 is 8.91 Å². The van der Waals surface area contributed by atoms with Crippen molar-refractivity contribution in [3.05, 3.63) is 78.2 Å². The minimum absolute atomic E-state index is 0.191. The number of pyridine rings is 1. The van der Waals surface area contributed by atoms with Gasteiger partial charge in [0.05, 0.1) is 11.3 Å². The first-order valence-electron chi connectivity index (χ1n) is 10.3. The first-order chi connectivity index (χ1) is 15.2. The summed E-state index contributed by atoms with van der Waals surface area (Å²) in [5.74, 6) is 1.62. The van der Waals surface area contributed by atoms with Gasteiger partial charge in [0.15, 0.2) is 0 Å². The largest absolute Gasteiger partial charge is 0.366 e. The number of hydrogen-bond acceptors (Lipinski definition) is 6. The van der Waals surface area contributed by atoms with Crippen LogP contribution < -0.4 is 9.80 Å². The number of benzene rings is 2. The number of piperazine rings is 1. The quantitative estimate of drug-likeness (QED) is 0.487. The highest BCUT2D eigenvalue weighted by Gasteiger charge is 2.24. The van der Waals surface area contributed by atoms with Crippen LogP contribution in [0.1, 0.15) is 5.56 Å². The number of para-hydroxylation sites is 1. The van der Waals surface area contributed by atoms with Crippen LogP contribution in [0.3, 0.4) is 0 Å². The summed E-state index contributed by atoms with van der Waals surface area (Å²) < 4.78 is 19.8. The summed E-state index contributed by atoms with van der Waals surface area (Å²) in [6.07, 6.45) is 1.76. The van der Waals surface area contributed by atoms with Gasteiger partial charge in [-0.1, -0.05) is 41.6 Å². The zero-order chi connectivity index (χ0) is 21.2. The zero-order valence-electron chi connectivity index (χ0n) is 17.2. The molecule has 0 N–H and O–H groups in total. The van der Waals surface area contributed by atoms with Crippen molar-refractivity contribution in [2.24, 2.45) is 0 Å². The zero-order valence-corrected chi connectivity index (χ0v) is 17.2. The Bertz CT molecular complexity index is 1200. The van der Waals surface area contributed by atoms with Gasteiger partial charge in [-0.15, -0.1) is 0 Å². The minimum Gasteiger partial charge on any atom is -0.366 e. The minimum atomic E-state index is -0.191. The van der Waals surface area contributed by atoms with E-state index in [2.05, 4.69) is 24.9 Å². The second-order valence-electron chi connectivity index (χ2n) is 7.54. The van der Waals surface area contributed by atoms with Gasteiger partial charge in [0, 0.05) is 37.9 Å². The van der Waals surface area contributed by atoms with Gasteiger partial charge in [0.1, 0.15) is 11.6 Å². The van der Waals surface area contributed by atoms with Crippen LogP contribution in [-0.2, 0) is 0 Å². The van der Waals surface area contributed by atoms with Crippen LogP contribution in [0.5, 0.6) is 0 Å². The van der Waals surface area contributed by atoms with Crippen molar-refractivity contribution in [3.8, 4) is 22.8 Å². The van der Waals surface area contributed by atoms with Gasteiger partial charge in [-0.05, 0) is 36.8 Å². The Balaban J connectivity index is 1.39. The molecular weight excluding hydrogens is 393 g/mol. The molecule has 0 aliphatic carbocycles. The molecule has 4 aromatic rings. The highest BCUT2D eigenvalue weighted by Crippen LogP contribution is 2.31. The summed E-state index contributed by atoms with van der Waals surface area (Å²) in [6, 6.07) is 18.7. The molecule has 1 fully saturated rings. The number of nitrogens with zero attached hydrogens (tertiary/aromatic N) is 5. The molecule has 31 heavy (non-hydrogen) atoms. The lowest BCUT2D eigenvalue weighted by molar-refractivity contribution is 0.432. The lowest BCUT2D eigenvalue weighted by Crippen LogP contribution is -2.47. The highest BCUT2D eigenvalue weighted by molar-refractivity contribution is 5.72. The summed E-state index contributed by atoms with van der Waals surface area (Å²) in [6.45, 7) is 4.87. The molecule has 0 bridgehead atoms. The summed E-state index contributed by atoms with van der Waals surface area (Å²) in [7, 11) is 0. The van der Waals surface area contributed by atoms with Crippen LogP contribution in [0.2, 0.25) is 0 Å². The molecular formula is C24H22FN5O. The molecule has 2 aromatic carbocycles. The fraction of sp³-hybridized carbons (Fsp3) is 0.208. The third-order valence-corrected chi connectivity index (χ3v) is 5.60. The molecule has 3 heterocycles. The second kappa shape index (κ2) is 8.18. The van der Waals surface area contributed by atoms with E-state index in [9.17, 15) is 4.39 Å². The number of anilines is 2. The number of halogens is 1.